The molecule has 2 fully saturated rings. The smallest absolute Gasteiger partial charge is 0.410 e. The summed E-state index contributed by atoms with van der Waals surface area (Å²) in [5.74, 6) is 0.0100. The fourth-order valence-electron chi connectivity index (χ4n) is 3.35. The molecule has 0 radical (unpaired) electrons. The molecule has 6 heteroatoms. The highest BCUT2D eigenvalue weighted by Crippen LogP contribution is 2.26. The monoisotopic (exact) mass is 346 g/mol. The first-order valence-corrected chi connectivity index (χ1v) is 8.76. The third kappa shape index (κ3) is 4.31. The molecule has 2 aliphatic rings. The van der Waals surface area contributed by atoms with Crippen molar-refractivity contribution in [3.8, 4) is 0 Å². The van der Waals surface area contributed by atoms with Gasteiger partial charge in [-0.25, -0.2) is 4.79 Å². The molecule has 6 nitrogen and oxygen atoms in total. The van der Waals surface area contributed by atoms with Gasteiger partial charge in [0.2, 0.25) is 5.91 Å². The van der Waals surface area contributed by atoms with Crippen LogP contribution in [0.15, 0.2) is 30.3 Å². The van der Waals surface area contributed by atoms with Gasteiger partial charge >= 0.3 is 6.09 Å². The van der Waals surface area contributed by atoms with E-state index in [0.717, 1.165) is 5.56 Å². The van der Waals surface area contributed by atoms with Crippen LogP contribution in [0, 0.1) is 0 Å². The predicted octanol–water partition coefficient (Wildman–Crippen LogP) is 2.42. The highest BCUT2D eigenvalue weighted by molar-refractivity contribution is 5.78. The fraction of sp³-hybridized carbons (Fsp3) is 0.579. The van der Waals surface area contributed by atoms with Crippen LogP contribution in [0.25, 0.3) is 0 Å². The Balaban J connectivity index is 1.66. The van der Waals surface area contributed by atoms with E-state index in [-0.39, 0.29) is 30.8 Å². The van der Waals surface area contributed by atoms with Gasteiger partial charge in [0, 0.05) is 13.1 Å². The summed E-state index contributed by atoms with van der Waals surface area (Å²) in [5.41, 5.74) is 0.586. The van der Waals surface area contributed by atoms with E-state index in [2.05, 4.69) is 0 Å². The third-order valence-corrected chi connectivity index (χ3v) is 4.51. The molecule has 2 heterocycles. The average Bonchev–Trinajstić information content (AvgIpc) is 2.56. The molecule has 25 heavy (non-hydrogen) atoms. The number of morpholine rings is 1. The van der Waals surface area contributed by atoms with Crippen molar-refractivity contribution < 1.29 is 19.1 Å². The largest absolute Gasteiger partial charge is 0.444 e. The lowest BCUT2D eigenvalue weighted by Crippen LogP contribution is -2.61. The van der Waals surface area contributed by atoms with Crippen LogP contribution in [-0.2, 0) is 20.8 Å². The van der Waals surface area contributed by atoms with Crippen molar-refractivity contribution >= 4 is 12.0 Å². The van der Waals surface area contributed by atoms with Gasteiger partial charge in [-0.1, -0.05) is 30.3 Å². The summed E-state index contributed by atoms with van der Waals surface area (Å²) in [6, 6.07) is 9.96. The molecular formula is C19H26N2O4. The first-order valence-electron chi connectivity index (χ1n) is 8.76. The van der Waals surface area contributed by atoms with E-state index >= 15 is 0 Å². The van der Waals surface area contributed by atoms with E-state index in [1.54, 1.807) is 4.90 Å². The number of piperidine rings is 1. The number of fused-ring (bicyclic) bond motifs is 1. The van der Waals surface area contributed by atoms with Gasteiger partial charge in [0.05, 0.1) is 18.7 Å². The van der Waals surface area contributed by atoms with Crippen molar-refractivity contribution in [1.29, 1.82) is 0 Å². The Labute approximate surface area is 148 Å². The van der Waals surface area contributed by atoms with Crippen LogP contribution < -0.4 is 0 Å². The van der Waals surface area contributed by atoms with Crippen LogP contribution in [0.5, 0.6) is 0 Å². The van der Waals surface area contributed by atoms with E-state index in [9.17, 15) is 9.59 Å². The molecule has 0 N–H and O–H groups in total. The Hall–Kier alpha value is -2.08. The molecule has 0 spiro atoms. The quantitative estimate of drug-likeness (QED) is 0.825. The maximum Gasteiger partial charge on any atom is 0.410 e. The van der Waals surface area contributed by atoms with Crippen LogP contribution in [0.2, 0.25) is 0 Å². The van der Waals surface area contributed by atoms with E-state index in [0.29, 0.717) is 26.1 Å². The second kappa shape index (κ2) is 7.04. The van der Waals surface area contributed by atoms with Gasteiger partial charge in [-0.05, 0) is 32.8 Å². The summed E-state index contributed by atoms with van der Waals surface area (Å²) in [6.45, 7) is 7.24. The van der Waals surface area contributed by atoms with Crippen LogP contribution in [0.3, 0.4) is 0 Å². The molecule has 0 aliphatic carbocycles. The molecule has 0 saturated carbocycles. The number of carbonyl (C=O) groups is 2. The number of carbonyl (C=O) groups excluding carboxylic acids is 2. The van der Waals surface area contributed by atoms with Crippen molar-refractivity contribution in [3.63, 3.8) is 0 Å². The molecule has 0 bridgehead atoms. The van der Waals surface area contributed by atoms with E-state index < -0.39 is 5.60 Å². The average molecular weight is 346 g/mol. The molecule has 136 valence electrons. The fourth-order valence-corrected chi connectivity index (χ4v) is 3.35. The number of nitrogens with zero attached hydrogens (tertiary/aromatic N) is 2. The molecule has 0 unspecified atom stereocenters. The summed E-state index contributed by atoms with van der Waals surface area (Å²) in [5, 5.41) is 0. The van der Waals surface area contributed by atoms with Gasteiger partial charge in [-0.3, -0.25) is 4.79 Å². The van der Waals surface area contributed by atoms with Gasteiger partial charge in [-0.2, -0.15) is 0 Å². The Morgan fingerprint density at radius 2 is 2.00 bits per heavy atom. The van der Waals surface area contributed by atoms with E-state index in [1.807, 2.05) is 56.0 Å². The molecular weight excluding hydrogens is 320 g/mol. The topological polar surface area (TPSA) is 59.1 Å². The zero-order valence-corrected chi connectivity index (χ0v) is 15.1. The zero-order valence-electron chi connectivity index (χ0n) is 15.1. The summed E-state index contributed by atoms with van der Waals surface area (Å²) < 4.78 is 11.2. The summed E-state index contributed by atoms with van der Waals surface area (Å²) in [4.78, 5) is 28.2. The number of hydrogen-bond donors (Lipinski definition) is 0. The van der Waals surface area contributed by atoms with Crippen LogP contribution in [0.1, 0.15) is 32.8 Å². The van der Waals surface area contributed by atoms with E-state index in [1.165, 1.54) is 0 Å². The standard InChI is InChI=1S/C19H26N2O4/c1-19(2,3)25-18(23)20-10-9-15-16(12-20)24-13-17(22)21(15)11-14-7-5-4-6-8-14/h4-8,15-16H,9-13H2,1-3H3/t15-,16-/m0/s1. The molecule has 2 amide bonds. The van der Waals surface area contributed by atoms with Crippen molar-refractivity contribution in [2.45, 2.75) is 51.5 Å². The SMILES string of the molecule is CC(C)(C)OC(=O)N1CC[C@H]2[C@H](C1)OCC(=O)N2Cc1ccccc1. The first kappa shape index (κ1) is 17.7. The minimum atomic E-state index is -0.517. The second-order valence-corrected chi connectivity index (χ2v) is 7.64. The maximum absolute atomic E-state index is 12.4. The molecule has 0 aromatic heterocycles. The molecule has 2 atom stereocenters. The number of hydrogen-bond acceptors (Lipinski definition) is 4. The highest BCUT2D eigenvalue weighted by Gasteiger charge is 2.42. The number of rotatable bonds is 2. The third-order valence-electron chi connectivity index (χ3n) is 4.51. The van der Waals surface area contributed by atoms with Crippen LogP contribution in [-0.4, -0.2) is 59.2 Å². The normalized spacial score (nSPS) is 24.0. The van der Waals surface area contributed by atoms with E-state index in [4.69, 9.17) is 9.47 Å². The highest BCUT2D eigenvalue weighted by atomic mass is 16.6. The van der Waals surface area contributed by atoms with Gasteiger partial charge in [0.1, 0.15) is 12.2 Å². The van der Waals surface area contributed by atoms with Gasteiger partial charge in [-0.15, -0.1) is 0 Å². The molecule has 1 aromatic rings. The minimum Gasteiger partial charge on any atom is -0.444 e. The Morgan fingerprint density at radius 3 is 2.68 bits per heavy atom. The molecule has 3 rings (SSSR count). The molecule has 2 saturated heterocycles. The van der Waals surface area contributed by atoms with Crippen molar-refractivity contribution in [1.82, 2.24) is 9.80 Å². The van der Waals surface area contributed by atoms with Crippen LogP contribution >= 0.6 is 0 Å². The summed E-state index contributed by atoms with van der Waals surface area (Å²) >= 11 is 0. The lowest BCUT2D eigenvalue weighted by Gasteiger charge is -2.46. The Kier molecular flexibility index (Phi) is 4.99. The second-order valence-electron chi connectivity index (χ2n) is 7.64. The first-order chi connectivity index (χ1) is 11.8. The van der Waals surface area contributed by atoms with Crippen LogP contribution in [0.4, 0.5) is 4.79 Å². The molecule has 1 aromatic carbocycles. The number of benzene rings is 1. The number of likely N-dealkylation sites (tertiary alicyclic amines) is 1. The Bertz CT molecular complexity index is 626. The Morgan fingerprint density at radius 1 is 1.28 bits per heavy atom. The lowest BCUT2D eigenvalue weighted by atomic mass is 9.97. The van der Waals surface area contributed by atoms with Gasteiger partial charge in [0.15, 0.2) is 0 Å². The predicted molar refractivity (Wildman–Crippen MR) is 92.9 cm³/mol. The lowest BCUT2D eigenvalue weighted by molar-refractivity contribution is -0.164. The van der Waals surface area contributed by atoms with Crippen molar-refractivity contribution in [3.05, 3.63) is 35.9 Å². The van der Waals surface area contributed by atoms with Gasteiger partial charge < -0.3 is 19.3 Å². The molecule has 2 aliphatic heterocycles. The number of ether oxygens (including phenoxy) is 2. The minimum absolute atomic E-state index is 0.000132. The maximum atomic E-state index is 12.4. The summed E-state index contributed by atoms with van der Waals surface area (Å²) in [7, 11) is 0. The number of amides is 2. The van der Waals surface area contributed by atoms with Crippen molar-refractivity contribution in [2.24, 2.45) is 0 Å². The zero-order chi connectivity index (χ0) is 18.0. The van der Waals surface area contributed by atoms with Crippen molar-refractivity contribution in [2.75, 3.05) is 19.7 Å². The summed E-state index contributed by atoms with van der Waals surface area (Å²) in [6.07, 6.45) is 0.214. The van der Waals surface area contributed by atoms with Gasteiger partial charge in [0.25, 0.3) is 0 Å².